The highest BCUT2D eigenvalue weighted by Gasteiger charge is 2.11. The summed E-state index contributed by atoms with van der Waals surface area (Å²) in [5, 5.41) is 7.99. The quantitative estimate of drug-likeness (QED) is 0.617. The van der Waals surface area contributed by atoms with Crippen molar-refractivity contribution in [2.45, 2.75) is 20.3 Å². The molecule has 0 fully saturated rings. The lowest BCUT2D eigenvalue weighted by Crippen LogP contribution is -2.25. The van der Waals surface area contributed by atoms with Gasteiger partial charge in [0.05, 0.1) is 28.7 Å². The fraction of sp³-hybridized carbons (Fsp3) is 0.238. The molecule has 2 aromatic carbocycles. The molecule has 1 aromatic heterocycles. The number of carbonyl (C=O) groups is 1. The van der Waals surface area contributed by atoms with Crippen LogP contribution in [0, 0.1) is 13.8 Å². The molecule has 0 radical (unpaired) electrons. The Morgan fingerprint density at radius 2 is 1.81 bits per heavy atom. The number of nitrogens with one attached hydrogen (secondary N) is 1. The van der Waals surface area contributed by atoms with Crippen LogP contribution in [0.15, 0.2) is 54.6 Å². The number of hydrogen-bond acceptors (Lipinski definition) is 3. The number of carbonyl (C=O) groups excluding carboxylic acids is 1. The molecule has 0 saturated heterocycles. The average molecular weight is 384 g/mol. The highest BCUT2D eigenvalue weighted by molar-refractivity contribution is 6.31. The van der Waals surface area contributed by atoms with E-state index in [1.807, 2.05) is 56.3 Å². The third-order valence-corrected chi connectivity index (χ3v) is 4.74. The summed E-state index contributed by atoms with van der Waals surface area (Å²) in [5.41, 5.74) is 3.14. The van der Waals surface area contributed by atoms with Crippen LogP contribution in [0.3, 0.4) is 0 Å². The molecule has 3 aromatic rings. The number of para-hydroxylation sites is 1. The first kappa shape index (κ1) is 19.0. The van der Waals surface area contributed by atoms with Gasteiger partial charge in [-0.1, -0.05) is 29.8 Å². The van der Waals surface area contributed by atoms with Gasteiger partial charge in [0.15, 0.2) is 0 Å². The van der Waals surface area contributed by atoms with E-state index in [-0.39, 0.29) is 5.91 Å². The smallest absolute Gasteiger partial charge is 0.251 e. The molecule has 0 atom stereocenters. The third-order valence-electron chi connectivity index (χ3n) is 4.20. The lowest BCUT2D eigenvalue weighted by atomic mass is 10.2. The van der Waals surface area contributed by atoms with Gasteiger partial charge in [-0.3, -0.25) is 4.79 Å². The van der Waals surface area contributed by atoms with E-state index in [9.17, 15) is 4.79 Å². The molecule has 0 aliphatic rings. The molecule has 0 spiro atoms. The lowest BCUT2D eigenvalue weighted by Gasteiger charge is -2.08. The summed E-state index contributed by atoms with van der Waals surface area (Å²) in [7, 11) is 0. The van der Waals surface area contributed by atoms with Crippen molar-refractivity contribution in [3.05, 3.63) is 76.6 Å². The zero-order chi connectivity index (χ0) is 19.2. The molecule has 0 bridgehead atoms. The minimum absolute atomic E-state index is 0.104. The van der Waals surface area contributed by atoms with Gasteiger partial charge in [0, 0.05) is 12.1 Å². The third kappa shape index (κ3) is 4.68. The minimum Gasteiger partial charge on any atom is -0.494 e. The van der Waals surface area contributed by atoms with Crippen molar-refractivity contribution in [1.29, 1.82) is 0 Å². The maximum absolute atomic E-state index is 12.3. The van der Waals surface area contributed by atoms with Gasteiger partial charge in [0.2, 0.25) is 0 Å². The molecule has 0 aliphatic carbocycles. The Morgan fingerprint density at radius 3 is 2.44 bits per heavy atom. The van der Waals surface area contributed by atoms with Crippen molar-refractivity contribution in [3.8, 4) is 11.4 Å². The van der Waals surface area contributed by atoms with E-state index in [0.29, 0.717) is 23.7 Å². The van der Waals surface area contributed by atoms with Crippen molar-refractivity contribution in [2.75, 3.05) is 13.2 Å². The number of rotatable bonds is 7. The second-order valence-corrected chi connectivity index (χ2v) is 6.59. The summed E-state index contributed by atoms with van der Waals surface area (Å²) >= 11 is 6.19. The normalized spacial score (nSPS) is 10.6. The molecule has 0 saturated carbocycles. The highest BCUT2D eigenvalue weighted by Crippen LogP contribution is 2.22. The standard InChI is InChI=1S/C21H22ClN3O2/c1-15-20(22)16(2)25(24-15)18-11-9-17(10-12-18)21(26)23-13-6-14-27-19-7-4-3-5-8-19/h3-5,7-12H,6,13-14H2,1-2H3,(H,23,26). The Labute approximate surface area is 163 Å². The van der Waals surface area contributed by atoms with Crippen LogP contribution in [-0.4, -0.2) is 28.8 Å². The maximum Gasteiger partial charge on any atom is 0.251 e. The van der Waals surface area contributed by atoms with Crippen LogP contribution in [-0.2, 0) is 0 Å². The van der Waals surface area contributed by atoms with Crippen LogP contribution >= 0.6 is 11.6 Å². The van der Waals surface area contributed by atoms with E-state index in [1.54, 1.807) is 16.8 Å². The molecule has 1 N–H and O–H groups in total. The molecule has 140 valence electrons. The van der Waals surface area contributed by atoms with E-state index in [0.717, 1.165) is 29.2 Å². The molecule has 1 heterocycles. The van der Waals surface area contributed by atoms with Crippen LogP contribution < -0.4 is 10.1 Å². The van der Waals surface area contributed by atoms with Crippen molar-refractivity contribution >= 4 is 17.5 Å². The van der Waals surface area contributed by atoms with Gasteiger partial charge >= 0.3 is 0 Å². The Bertz CT molecular complexity index is 905. The lowest BCUT2D eigenvalue weighted by molar-refractivity contribution is 0.0951. The number of nitrogens with zero attached hydrogens (tertiary/aromatic N) is 2. The summed E-state index contributed by atoms with van der Waals surface area (Å²) in [6.07, 6.45) is 0.739. The van der Waals surface area contributed by atoms with Crippen LogP contribution in [0.5, 0.6) is 5.75 Å². The number of amides is 1. The van der Waals surface area contributed by atoms with Gasteiger partial charge in [-0.25, -0.2) is 4.68 Å². The first-order valence-electron chi connectivity index (χ1n) is 8.84. The van der Waals surface area contributed by atoms with Gasteiger partial charge in [0.1, 0.15) is 5.75 Å². The molecule has 27 heavy (non-hydrogen) atoms. The molecule has 0 unspecified atom stereocenters. The van der Waals surface area contributed by atoms with Crippen LogP contribution in [0.1, 0.15) is 28.2 Å². The number of aromatic nitrogens is 2. The van der Waals surface area contributed by atoms with Gasteiger partial charge in [-0.15, -0.1) is 0 Å². The van der Waals surface area contributed by atoms with E-state index in [4.69, 9.17) is 16.3 Å². The zero-order valence-corrected chi connectivity index (χ0v) is 16.2. The van der Waals surface area contributed by atoms with E-state index >= 15 is 0 Å². The van der Waals surface area contributed by atoms with Gasteiger partial charge in [-0.2, -0.15) is 5.10 Å². The average Bonchev–Trinajstić information content (AvgIpc) is 2.96. The largest absolute Gasteiger partial charge is 0.494 e. The van der Waals surface area contributed by atoms with E-state index < -0.39 is 0 Å². The summed E-state index contributed by atoms with van der Waals surface area (Å²) in [4.78, 5) is 12.3. The second kappa shape index (κ2) is 8.73. The minimum atomic E-state index is -0.104. The second-order valence-electron chi connectivity index (χ2n) is 6.21. The number of aryl methyl sites for hydroxylation is 1. The summed E-state index contributed by atoms with van der Waals surface area (Å²) in [6.45, 7) is 4.90. The van der Waals surface area contributed by atoms with Crippen molar-refractivity contribution in [3.63, 3.8) is 0 Å². The van der Waals surface area contributed by atoms with Gasteiger partial charge in [-0.05, 0) is 56.7 Å². The number of halogens is 1. The van der Waals surface area contributed by atoms with E-state index in [2.05, 4.69) is 10.4 Å². The van der Waals surface area contributed by atoms with Crippen molar-refractivity contribution < 1.29 is 9.53 Å². The molecule has 1 amide bonds. The molecular weight excluding hydrogens is 362 g/mol. The van der Waals surface area contributed by atoms with Gasteiger partial charge in [0.25, 0.3) is 5.91 Å². The Hall–Kier alpha value is -2.79. The zero-order valence-electron chi connectivity index (χ0n) is 15.4. The Balaban J connectivity index is 1.49. The van der Waals surface area contributed by atoms with Gasteiger partial charge < -0.3 is 10.1 Å². The van der Waals surface area contributed by atoms with Crippen LogP contribution in [0.25, 0.3) is 5.69 Å². The number of ether oxygens (including phenoxy) is 1. The number of benzene rings is 2. The maximum atomic E-state index is 12.3. The fourth-order valence-corrected chi connectivity index (χ4v) is 2.83. The molecule has 6 heteroatoms. The summed E-state index contributed by atoms with van der Waals surface area (Å²) in [5.74, 6) is 0.733. The first-order valence-corrected chi connectivity index (χ1v) is 9.22. The first-order chi connectivity index (χ1) is 13.1. The van der Waals surface area contributed by atoms with E-state index in [1.165, 1.54) is 0 Å². The topological polar surface area (TPSA) is 56.2 Å². The predicted octanol–water partition coefficient (Wildman–Crippen LogP) is 4.34. The van der Waals surface area contributed by atoms with Crippen molar-refractivity contribution in [2.24, 2.45) is 0 Å². The summed E-state index contributed by atoms with van der Waals surface area (Å²) in [6, 6.07) is 16.9. The SMILES string of the molecule is Cc1nn(-c2ccc(C(=O)NCCCOc3ccccc3)cc2)c(C)c1Cl. The molecular formula is C21H22ClN3O2. The number of hydrogen-bond donors (Lipinski definition) is 1. The summed E-state index contributed by atoms with van der Waals surface area (Å²) < 4.78 is 7.39. The molecule has 5 nitrogen and oxygen atoms in total. The monoisotopic (exact) mass is 383 g/mol. The molecule has 0 aliphatic heterocycles. The van der Waals surface area contributed by atoms with Crippen LogP contribution in [0.2, 0.25) is 5.02 Å². The fourth-order valence-electron chi connectivity index (χ4n) is 2.71. The molecule has 3 rings (SSSR count). The highest BCUT2D eigenvalue weighted by atomic mass is 35.5. The van der Waals surface area contributed by atoms with Crippen LogP contribution in [0.4, 0.5) is 0 Å². The van der Waals surface area contributed by atoms with Crippen molar-refractivity contribution in [1.82, 2.24) is 15.1 Å². The predicted molar refractivity (Wildman–Crippen MR) is 107 cm³/mol. The Morgan fingerprint density at radius 1 is 1.11 bits per heavy atom. The Kier molecular flexibility index (Phi) is 6.14.